The van der Waals surface area contributed by atoms with E-state index in [0.29, 0.717) is 0 Å². The molecule has 4 aromatic rings. The molecule has 0 aliphatic heterocycles. The van der Waals surface area contributed by atoms with Crippen molar-refractivity contribution < 1.29 is 4.48 Å². The first kappa shape index (κ1) is 24.3. The van der Waals surface area contributed by atoms with Gasteiger partial charge in [0, 0.05) is 5.56 Å². The van der Waals surface area contributed by atoms with Crippen molar-refractivity contribution in [2.45, 2.75) is 48.1 Å². The van der Waals surface area contributed by atoms with E-state index in [1.807, 2.05) is 0 Å². The number of hydrogen-bond donors (Lipinski definition) is 0. The molecule has 0 unspecified atom stereocenters. The molecule has 0 spiro atoms. The second kappa shape index (κ2) is 9.08. The molecule has 174 valence electrons. The van der Waals surface area contributed by atoms with Crippen molar-refractivity contribution in [1.82, 2.24) is 0 Å². The van der Waals surface area contributed by atoms with Crippen molar-refractivity contribution in [2.24, 2.45) is 0 Å². The molecule has 4 aromatic carbocycles. The molecule has 0 saturated carbocycles. The molecular formula is C32H39BN+. The van der Waals surface area contributed by atoms with Crippen molar-refractivity contribution in [3.63, 3.8) is 0 Å². The molecule has 0 amide bonds. The Hall–Kier alpha value is -2.84. The molecule has 0 fully saturated rings. The first-order chi connectivity index (χ1) is 16.0. The van der Waals surface area contributed by atoms with Crippen LogP contribution in [0.25, 0.3) is 10.8 Å². The molecule has 2 heteroatoms. The highest BCUT2D eigenvalue weighted by Crippen LogP contribution is 2.22. The van der Waals surface area contributed by atoms with Gasteiger partial charge in [-0.25, -0.2) is 0 Å². The van der Waals surface area contributed by atoms with Gasteiger partial charge in [0.15, 0.2) is 0 Å². The van der Waals surface area contributed by atoms with Gasteiger partial charge in [-0.15, -0.1) is 0 Å². The van der Waals surface area contributed by atoms with Crippen LogP contribution in [0.5, 0.6) is 0 Å². The molecule has 0 saturated heterocycles. The lowest BCUT2D eigenvalue weighted by Gasteiger charge is -2.28. The molecule has 4 rings (SSSR count). The van der Waals surface area contributed by atoms with E-state index < -0.39 is 0 Å². The Morgan fingerprint density at radius 3 is 1.50 bits per heavy atom. The third-order valence-electron chi connectivity index (χ3n) is 7.03. The summed E-state index contributed by atoms with van der Waals surface area (Å²) in [5, 5.41) is 2.75. The molecule has 0 N–H and O–H groups in total. The number of aryl methyl sites for hydroxylation is 6. The average molecular weight is 448 g/mol. The van der Waals surface area contributed by atoms with Crippen molar-refractivity contribution in [1.29, 1.82) is 0 Å². The summed E-state index contributed by atoms with van der Waals surface area (Å²) < 4.78 is 0.906. The summed E-state index contributed by atoms with van der Waals surface area (Å²) in [6.45, 7) is 14.8. The van der Waals surface area contributed by atoms with Crippen molar-refractivity contribution >= 4 is 33.9 Å². The number of fused-ring (bicyclic) bond motifs is 1. The minimum absolute atomic E-state index is 0.193. The summed E-state index contributed by atoms with van der Waals surface area (Å²) in [4.78, 5) is 0. The van der Waals surface area contributed by atoms with E-state index in [1.54, 1.807) is 0 Å². The van der Waals surface area contributed by atoms with Crippen LogP contribution in [0.2, 0.25) is 0 Å². The maximum Gasteiger partial charge on any atom is 0.243 e. The van der Waals surface area contributed by atoms with Crippen LogP contribution in [0.4, 0.5) is 0 Å². The lowest BCUT2D eigenvalue weighted by atomic mass is 9.33. The Labute approximate surface area is 207 Å². The number of nitrogens with zero attached hydrogens (tertiary/aromatic N) is 1. The van der Waals surface area contributed by atoms with Crippen LogP contribution in [0, 0.1) is 41.5 Å². The molecule has 0 aliphatic rings. The van der Waals surface area contributed by atoms with E-state index in [9.17, 15) is 0 Å². The topological polar surface area (TPSA) is 0 Å². The molecule has 0 aliphatic carbocycles. The fourth-order valence-electron chi connectivity index (χ4n) is 6.08. The fraction of sp³-hybridized carbons (Fsp3) is 0.312. The van der Waals surface area contributed by atoms with Crippen molar-refractivity contribution in [2.75, 3.05) is 21.1 Å². The summed E-state index contributed by atoms with van der Waals surface area (Å²) in [7, 11) is 6.84. The largest absolute Gasteiger partial charge is 0.327 e. The fourth-order valence-corrected chi connectivity index (χ4v) is 6.08. The minimum Gasteiger partial charge on any atom is -0.327 e. The van der Waals surface area contributed by atoms with Gasteiger partial charge in [0.25, 0.3) is 0 Å². The standard InChI is InChI=1S/C32H39BN/c1-21-16-23(3)31(24(4)17-21)33(32-25(5)18-22(2)19-26(32)6)29-15-11-13-27-12-10-14-28(30(27)29)20-34(7,8)9/h10-19H,20H2,1-9H3/q+1. The Morgan fingerprint density at radius 2 is 1.06 bits per heavy atom. The first-order valence-corrected chi connectivity index (χ1v) is 12.4. The summed E-state index contributed by atoms with van der Waals surface area (Å²) in [5.74, 6) is 0. The summed E-state index contributed by atoms with van der Waals surface area (Å²) in [5.41, 5.74) is 13.9. The van der Waals surface area contributed by atoms with E-state index in [1.165, 1.54) is 66.1 Å². The maximum absolute atomic E-state index is 2.38. The van der Waals surface area contributed by atoms with Crippen LogP contribution in [-0.2, 0) is 6.54 Å². The van der Waals surface area contributed by atoms with Gasteiger partial charge in [-0.1, -0.05) is 110 Å². The Morgan fingerprint density at radius 1 is 0.618 bits per heavy atom. The lowest BCUT2D eigenvalue weighted by molar-refractivity contribution is -0.883. The quantitative estimate of drug-likeness (QED) is 0.283. The van der Waals surface area contributed by atoms with Crippen LogP contribution < -0.4 is 16.4 Å². The Balaban J connectivity index is 2.14. The van der Waals surface area contributed by atoms with Gasteiger partial charge in [0.2, 0.25) is 6.71 Å². The van der Waals surface area contributed by atoms with Gasteiger partial charge in [-0.05, 0) is 52.3 Å². The third kappa shape index (κ3) is 4.70. The molecule has 0 atom stereocenters. The molecule has 1 nitrogen and oxygen atoms in total. The second-order valence-electron chi connectivity index (χ2n) is 11.4. The monoisotopic (exact) mass is 448 g/mol. The Bertz CT molecular complexity index is 1270. The van der Waals surface area contributed by atoms with Crippen LogP contribution in [-0.4, -0.2) is 32.3 Å². The molecule has 0 radical (unpaired) electrons. The van der Waals surface area contributed by atoms with E-state index in [-0.39, 0.29) is 6.71 Å². The zero-order chi connectivity index (χ0) is 24.8. The molecule has 0 heterocycles. The molecule has 0 aromatic heterocycles. The zero-order valence-corrected chi connectivity index (χ0v) is 22.5. The zero-order valence-electron chi connectivity index (χ0n) is 22.5. The molecule has 0 bridgehead atoms. The van der Waals surface area contributed by atoms with E-state index in [2.05, 4.69) is 123 Å². The number of hydrogen-bond acceptors (Lipinski definition) is 0. The van der Waals surface area contributed by atoms with Gasteiger partial charge in [0.05, 0.1) is 21.1 Å². The highest BCUT2D eigenvalue weighted by atomic mass is 15.3. The van der Waals surface area contributed by atoms with Gasteiger partial charge in [0.1, 0.15) is 6.54 Å². The van der Waals surface area contributed by atoms with Crippen LogP contribution in [0.3, 0.4) is 0 Å². The molecular weight excluding hydrogens is 409 g/mol. The van der Waals surface area contributed by atoms with E-state index in [4.69, 9.17) is 0 Å². The number of rotatable bonds is 5. The summed E-state index contributed by atoms with van der Waals surface area (Å²) in [6.07, 6.45) is 0. The predicted octanol–water partition coefficient (Wildman–Crippen LogP) is 5.41. The van der Waals surface area contributed by atoms with E-state index in [0.717, 1.165) is 11.0 Å². The van der Waals surface area contributed by atoms with Crippen LogP contribution in [0.15, 0.2) is 60.7 Å². The third-order valence-corrected chi connectivity index (χ3v) is 7.03. The van der Waals surface area contributed by atoms with Crippen molar-refractivity contribution in [3.05, 3.63) is 99.6 Å². The lowest BCUT2D eigenvalue weighted by Crippen LogP contribution is -2.56. The minimum atomic E-state index is 0.193. The smallest absolute Gasteiger partial charge is 0.243 e. The van der Waals surface area contributed by atoms with Crippen molar-refractivity contribution in [3.8, 4) is 0 Å². The van der Waals surface area contributed by atoms with Crippen LogP contribution in [0.1, 0.15) is 38.9 Å². The summed E-state index contributed by atoms with van der Waals surface area (Å²) >= 11 is 0. The second-order valence-corrected chi connectivity index (χ2v) is 11.4. The Kier molecular flexibility index (Phi) is 6.49. The normalized spacial score (nSPS) is 11.8. The highest BCUT2D eigenvalue weighted by molar-refractivity contribution is 6.98. The average Bonchev–Trinajstić information content (AvgIpc) is 2.70. The number of quaternary nitrogens is 1. The number of benzene rings is 4. The first-order valence-electron chi connectivity index (χ1n) is 12.4. The van der Waals surface area contributed by atoms with Gasteiger partial charge in [-0.2, -0.15) is 0 Å². The maximum atomic E-state index is 2.38. The SMILES string of the molecule is Cc1cc(C)c(B(c2c(C)cc(C)cc2C)c2cccc3cccc(C[N+](C)(C)C)c23)c(C)c1. The summed E-state index contributed by atoms with van der Waals surface area (Å²) in [6, 6.07) is 23.1. The van der Waals surface area contributed by atoms with Crippen LogP contribution >= 0.6 is 0 Å². The highest BCUT2D eigenvalue weighted by Gasteiger charge is 2.30. The van der Waals surface area contributed by atoms with Gasteiger partial charge in [-0.3, -0.25) is 0 Å². The van der Waals surface area contributed by atoms with Gasteiger partial charge >= 0.3 is 0 Å². The molecule has 34 heavy (non-hydrogen) atoms. The predicted molar refractivity (Wildman–Crippen MR) is 152 cm³/mol. The van der Waals surface area contributed by atoms with E-state index >= 15 is 0 Å². The van der Waals surface area contributed by atoms with Gasteiger partial charge < -0.3 is 4.48 Å².